The fourth-order valence-electron chi connectivity index (χ4n) is 2.46. The summed E-state index contributed by atoms with van der Waals surface area (Å²) in [4.78, 5) is 0. The third kappa shape index (κ3) is 5.19. The Hall–Kier alpha value is -1.10. The van der Waals surface area contributed by atoms with E-state index in [1.807, 2.05) is 30.3 Å². The van der Waals surface area contributed by atoms with Gasteiger partial charge in [-0.25, -0.2) is 0 Å². The normalized spacial score (nSPS) is 24.3. The molecule has 1 saturated carbocycles. The van der Waals surface area contributed by atoms with E-state index in [1.54, 1.807) is 0 Å². The van der Waals surface area contributed by atoms with E-state index in [1.165, 1.54) is 0 Å². The summed E-state index contributed by atoms with van der Waals surface area (Å²) >= 11 is 0. The first-order valence-electron chi connectivity index (χ1n) is 6.98. The Bertz CT molecular complexity index is 358. The Morgan fingerprint density at radius 3 is 2.74 bits per heavy atom. The van der Waals surface area contributed by atoms with Gasteiger partial charge in [0, 0.05) is 6.54 Å². The summed E-state index contributed by atoms with van der Waals surface area (Å²) in [5.41, 5.74) is 0. The fraction of sp³-hybridized carbons (Fsp3) is 0.600. The maximum atomic E-state index is 9.80. The van der Waals surface area contributed by atoms with E-state index in [9.17, 15) is 10.2 Å². The van der Waals surface area contributed by atoms with E-state index < -0.39 is 6.10 Å². The Morgan fingerprint density at radius 1 is 1.26 bits per heavy atom. The van der Waals surface area contributed by atoms with Crippen molar-refractivity contribution < 1.29 is 14.9 Å². The summed E-state index contributed by atoms with van der Waals surface area (Å²) in [7, 11) is 0. The summed E-state index contributed by atoms with van der Waals surface area (Å²) in [6.07, 6.45) is 2.23. The van der Waals surface area contributed by atoms with Crippen molar-refractivity contribution in [3.8, 4) is 5.75 Å². The molecular weight excluding hydrogens is 242 g/mol. The van der Waals surface area contributed by atoms with Gasteiger partial charge in [0.05, 0.1) is 6.10 Å². The van der Waals surface area contributed by atoms with Gasteiger partial charge < -0.3 is 20.3 Å². The summed E-state index contributed by atoms with van der Waals surface area (Å²) in [6.45, 7) is 1.68. The number of rotatable bonds is 7. The number of hydrogen-bond acceptors (Lipinski definition) is 4. The zero-order chi connectivity index (χ0) is 13.5. The number of ether oxygens (including phenoxy) is 1. The van der Waals surface area contributed by atoms with Crippen molar-refractivity contribution in [3.63, 3.8) is 0 Å². The van der Waals surface area contributed by atoms with E-state index >= 15 is 0 Å². The van der Waals surface area contributed by atoms with E-state index in [-0.39, 0.29) is 6.10 Å². The molecule has 0 aliphatic heterocycles. The molecule has 0 saturated heterocycles. The molecule has 0 spiro atoms. The Labute approximate surface area is 114 Å². The highest BCUT2D eigenvalue weighted by molar-refractivity contribution is 5.20. The van der Waals surface area contributed by atoms with Gasteiger partial charge in [-0.2, -0.15) is 0 Å². The lowest BCUT2D eigenvalue weighted by Gasteiger charge is -2.15. The van der Waals surface area contributed by atoms with Gasteiger partial charge in [-0.3, -0.25) is 0 Å². The number of aliphatic hydroxyl groups is 2. The van der Waals surface area contributed by atoms with Crippen molar-refractivity contribution in [1.29, 1.82) is 0 Å². The number of nitrogens with one attached hydrogen (secondary N) is 1. The molecule has 0 bridgehead atoms. The largest absolute Gasteiger partial charge is 0.491 e. The predicted octanol–water partition coefficient (Wildman–Crippen LogP) is 1.18. The van der Waals surface area contributed by atoms with Crippen LogP contribution in [-0.4, -0.2) is 42.1 Å². The minimum Gasteiger partial charge on any atom is -0.491 e. The molecule has 3 unspecified atom stereocenters. The lowest BCUT2D eigenvalue weighted by atomic mass is 10.1. The van der Waals surface area contributed by atoms with E-state index in [4.69, 9.17) is 4.74 Å². The molecule has 106 valence electrons. The summed E-state index contributed by atoms with van der Waals surface area (Å²) < 4.78 is 5.48. The van der Waals surface area contributed by atoms with Gasteiger partial charge in [-0.05, 0) is 43.9 Å². The maximum Gasteiger partial charge on any atom is 0.119 e. The molecular formula is C15H23NO3. The number of aliphatic hydroxyl groups excluding tert-OH is 2. The molecule has 19 heavy (non-hydrogen) atoms. The van der Waals surface area contributed by atoms with Crippen LogP contribution in [0.5, 0.6) is 5.75 Å². The molecule has 4 nitrogen and oxygen atoms in total. The van der Waals surface area contributed by atoms with Crippen molar-refractivity contribution in [1.82, 2.24) is 5.32 Å². The van der Waals surface area contributed by atoms with Gasteiger partial charge in [-0.1, -0.05) is 18.2 Å². The molecule has 1 aliphatic rings. The second-order valence-corrected chi connectivity index (χ2v) is 5.27. The molecule has 1 aromatic carbocycles. The topological polar surface area (TPSA) is 61.7 Å². The first-order chi connectivity index (χ1) is 9.24. The van der Waals surface area contributed by atoms with Gasteiger partial charge in [0.25, 0.3) is 0 Å². The molecule has 2 rings (SSSR count). The van der Waals surface area contributed by atoms with Crippen molar-refractivity contribution in [3.05, 3.63) is 30.3 Å². The van der Waals surface area contributed by atoms with E-state index in [0.29, 0.717) is 19.1 Å². The Balaban J connectivity index is 1.56. The van der Waals surface area contributed by atoms with Crippen molar-refractivity contribution in [2.75, 3.05) is 19.7 Å². The van der Waals surface area contributed by atoms with Crippen LogP contribution in [0.15, 0.2) is 30.3 Å². The van der Waals surface area contributed by atoms with Crippen LogP contribution in [0.25, 0.3) is 0 Å². The van der Waals surface area contributed by atoms with Crippen molar-refractivity contribution in [2.24, 2.45) is 5.92 Å². The average molecular weight is 265 g/mol. The molecule has 0 radical (unpaired) electrons. The number of benzene rings is 1. The molecule has 1 aliphatic carbocycles. The summed E-state index contributed by atoms with van der Waals surface area (Å²) in [5.74, 6) is 1.32. The molecule has 0 aromatic heterocycles. The van der Waals surface area contributed by atoms with Gasteiger partial charge in [0.1, 0.15) is 18.5 Å². The summed E-state index contributed by atoms with van der Waals surface area (Å²) in [6, 6.07) is 9.50. The van der Waals surface area contributed by atoms with Crippen LogP contribution < -0.4 is 10.1 Å². The van der Waals surface area contributed by atoms with Gasteiger partial charge in [0.15, 0.2) is 0 Å². The predicted molar refractivity (Wildman–Crippen MR) is 74.2 cm³/mol. The van der Waals surface area contributed by atoms with Crippen LogP contribution in [0.3, 0.4) is 0 Å². The second-order valence-electron chi connectivity index (χ2n) is 5.27. The molecule has 0 heterocycles. The van der Waals surface area contributed by atoms with Crippen LogP contribution in [-0.2, 0) is 0 Å². The van der Waals surface area contributed by atoms with Crippen LogP contribution >= 0.6 is 0 Å². The van der Waals surface area contributed by atoms with Crippen molar-refractivity contribution in [2.45, 2.75) is 31.5 Å². The number of hydrogen-bond donors (Lipinski definition) is 3. The highest BCUT2D eigenvalue weighted by Gasteiger charge is 2.22. The molecule has 0 amide bonds. The Morgan fingerprint density at radius 2 is 2.05 bits per heavy atom. The highest BCUT2D eigenvalue weighted by Crippen LogP contribution is 2.24. The lowest BCUT2D eigenvalue weighted by molar-refractivity contribution is 0.105. The van der Waals surface area contributed by atoms with Gasteiger partial charge >= 0.3 is 0 Å². The molecule has 4 heteroatoms. The average Bonchev–Trinajstić information content (AvgIpc) is 2.83. The minimum absolute atomic E-state index is 0.127. The monoisotopic (exact) mass is 265 g/mol. The van der Waals surface area contributed by atoms with Crippen LogP contribution in [0, 0.1) is 5.92 Å². The number of para-hydroxylation sites is 1. The smallest absolute Gasteiger partial charge is 0.119 e. The van der Waals surface area contributed by atoms with Gasteiger partial charge in [0.2, 0.25) is 0 Å². The van der Waals surface area contributed by atoms with E-state index in [0.717, 1.165) is 31.6 Å². The van der Waals surface area contributed by atoms with Crippen LogP contribution in [0.1, 0.15) is 19.3 Å². The SMILES string of the molecule is OC(CNCC1CCC(O)C1)COc1ccccc1. The first kappa shape index (κ1) is 14.3. The van der Waals surface area contributed by atoms with E-state index in [2.05, 4.69) is 5.32 Å². The first-order valence-corrected chi connectivity index (χ1v) is 6.98. The zero-order valence-corrected chi connectivity index (χ0v) is 11.2. The molecule has 1 fully saturated rings. The van der Waals surface area contributed by atoms with Crippen LogP contribution in [0.2, 0.25) is 0 Å². The van der Waals surface area contributed by atoms with Crippen molar-refractivity contribution >= 4 is 0 Å². The third-order valence-electron chi connectivity index (χ3n) is 3.51. The molecule has 3 N–H and O–H groups in total. The molecule has 3 atom stereocenters. The zero-order valence-electron chi connectivity index (χ0n) is 11.2. The second kappa shape index (κ2) is 7.48. The van der Waals surface area contributed by atoms with Gasteiger partial charge in [-0.15, -0.1) is 0 Å². The lowest BCUT2D eigenvalue weighted by Crippen LogP contribution is -2.34. The standard InChI is InChI=1S/C15H23NO3/c17-13-7-6-12(8-13)9-16-10-14(18)11-19-15-4-2-1-3-5-15/h1-5,12-14,16-18H,6-11H2. The van der Waals surface area contributed by atoms with Crippen LogP contribution in [0.4, 0.5) is 0 Å². The summed E-state index contributed by atoms with van der Waals surface area (Å²) in [5, 5.41) is 22.5. The maximum absolute atomic E-state index is 9.80. The fourth-order valence-corrected chi connectivity index (χ4v) is 2.46. The Kier molecular flexibility index (Phi) is 5.63. The third-order valence-corrected chi connectivity index (χ3v) is 3.51. The highest BCUT2D eigenvalue weighted by atomic mass is 16.5. The molecule has 1 aromatic rings. The minimum atomic E-state index is -0.508. The quantitative estimate of drug-likeness (QED) is 0.693.